The number of benzene rings is 2. The number of halogens is 1. The number of aliphatic hydroxyl groups is 1. The van der Waals surface area contributed by atoms with Crippen LogP contribution in [0.3, 0.4) is 0 Å². The number of aliphatic hydroxyl groups excluding tert-OH is 1. The average Bonchev–Trinajstić information content (AvgIpc) is 3.10. The van der Waals surface area contributed by atoms with Gasteiger partial charge in [-0.2, -0.15) is 0 Å². The van der Waals surface area contributed by atoms with Crippen molar-refractivity contribution in [2.24, 2.45) is 0 Å². The zero-order valence-electron chi connectivity index (χ0n) is 21.4. The number of hydrogen-bond donors (Lipinski definition) is 1. The zero-order valence-corrected chi connectivity index (χ0v) is 22.2. The van der Waals surface area contributed by atoms with Crippen molar-refractivity contribution in [3.05, 3.63) is 71.1 Å². The molecule has 196 valence electrons. The number of esters is 1. The van der Waals surface area contributed by atoms with Crippen LogP contribution in [0, 0.1) is 12.7 Å². The number of rotatable bonds is 12. The molecule has 0 aromatic heterocycles. The Labute approximate surface area is 217 Å². The second kappa shape index (κ2) is 15.5. The molecule has 0 bridgehead atoms. The molecule has 0 amide bonds. The first-order chi connectivity index (χ1) is 17.3. The van der Waals surface area contributed by atoms with Crippen molar-refractivity contribution in [3.8, 4) is 5.75 Å². The fraction of sp³-hybridized carbons (Fsp3) is 0.393. The van der Waals surface area contributed by atoms with Gasteiger partial charge in [0.05, 0.1) is 46.6 Å². The third-order valence-corrected chi connectivity index (χ3v) is 6.27. The maximum Gasteiger partial charge on any atom is 0.310 e. The van der Waals surface area contributed by atoms with Gasteiger partial charge in [-0.3, -0.25) is 4.79 Å². The van der Waals surface area contributed by atoms with E-state index < -0.39 is 5.82 Å². The highest BCUT2D eigenvalue weighted by Crippen LogP contribution is 2.44. The predicted octanol–water partition coefficient (Wildman–Crippen LogP) is 5.31. The highest BCUT2D eigenvalue weighted by atomic mass is 32.2. The molecule has 0 fully saturated rings. The minimum atomic E-state index is -0.492. The van der Waals surface area contributed by atoms with Gasteiger partial charge in [0.2, 0.25) is 0 Å². The molecule has 0 radical (unpaired) electrons. The van der Waals surface area contributed by atoms with E-state index >= 15 is 0 Å². The maximum atomic E-state index is 14.4. The molecule has 2 aromatic carbocycles. The van der Waals surface area contributed by atoms with Crippen molar-refractivity contribution in [1.82, 2.24) is 0 Å². The summed E-state index contributed by atoms with van der Waals surface area (Å²) in [6.07, 6.45) is 2.18. The summed E-state index contributed by atoms with van der Waals surface area (Å²) in [4.78, 5) is 13.0. The number of carbonyl (C=O) groups excluding carboxylic acids is 1. The molecule has 0 atom stereocenters. The second-order valence-electron chi connectivity index (χ2n) is 7.98. The molecule has 0 spiro atoms. The lowest BCUT2D eigenvalue weighted by molar-refractivity contribution is -0.139. The topological polar surface area (TPSA) is 74.2 Å². The van der Waals surface area contributed by atoms with Crippen molar-refractivity contribution in [3.63, 3.8) is 0 Å². The van der Waals surface area contributed by atoms with Crippen LogP contribution in [-0.4, -0.2) is 64.1 Å². The van der Waals surface area contributed by atoms with E-state index in [1.165, 1.54) is 23.6 Å². The molecule has 3 rings (SSSR count). The molecule has 6 nitrogen and oxygen atoms in total. The summed E-state index contributed by atoms with van der Waals surface area (Å²) in [5.74, 6) is -0.763. The summed E-state index contributed by atoms with van der Waals surface area (Å²) in [6, 6.07) is 11.5. The smallest absolute Gasteiger partial charge is 0.310 e. The molecule has 1 aliphatic rings. The normalized spacial score (nSPS) is 12.2. The first kappa shape index (κ1) is 29.6. The van der Waals surface area contributed by atoms with Crippen LogP contribution in [0.5, 0.6) is 5.75 Å². The summed E-state index contributed by atoms with van der Waals surface area (Å²) < 4.78 is 35.0. The maximum absolute atomic E-state index is 14.4. The van der Waals surface area contributed by atoms with E-state index in [1.807, 2.05) is 6.92 Å². The number of methoxy groups -OCH3 is 1. The van der Waals surface area contributed by atoms with Gasteiger partial charge in [-0.25, -0.2) is 4.39 Å². The molecule has 1 aliphatic carbocycles. The Kier molecular flexibility index (Phi) is 12.7. The Morgan fingerprint density at radius 3 is 2.25 bits per heavy atom. The third kappa shape index (κ3) is 8.78. The van der Waals surface area contributed by atoms with E-state index in [2.05, 4.69) is 44.0 Å². The largest absolute Gasteiger partial charge is 0.488 e. The Morgan fingerprint density at radius 2 is 1.64 bits per heavy atom. The van der Waals surface area contributed by atoms with Crippen LogP contribution < -0.4 is 4.74 Å². The van der Waals surface area contributed by atoms with Crippen LogP contribution in [0.25, 0.3) is 11.1 Å². The Hall–Kier alpha value is -2.65. The Bertz CT molecular complexity index is 1050. The number of thioether (sulfide) groups is 1. The molecule has 8 heteroatoms. The number of carbonyl (C=O) groups is 1. The lowest BCUT2D eigenvalue weighted by Gasteiger charge is -2.12. The quantitative estimate of drug-likeness (QED) is 0.232. The number of aryl methyl sites for hydroxylation is 1. The molecule has 0 saturated carbocycles. The standard InChI is InChI=1S/C20H25FO6.C8H10S/c1-13-14(2)16(12-20(23)24-3)17-11-19(18(21)10-15(13)17)27-9-8-26-7-6-25-5-4-22;1-7-3-5-8(9-2)6-4-7/h10-11,22H,1,4-9,12H2,2-3H3;3-6H,1-2H3. The predicted molar refractivity (Wildman–Crippen MR) is 142 cm³/mol. The van der Waals surface area contributed by atoms with Crippen LogP contribution in [-0.2, 0) is 19.0 Å². The lowest BCUT2D eigenvalue weighted by atomic mass is 10.0. The van der Waals surface area contributed by atoms with Gasteiger partial charge in [0.15, 0.2) is 11.6 Å². The first-order valence-electron chi connectivity index (χ1n) is 11.6. The minimum absolute atomic E-state index is 0.0287. The molecule has 36 heavy (non-hydrogen) atoms. The zero-order chi connectivity index (χ0) is 26.5. The molecule has 2 aromatic rings. The first-order valence-corrected chi connectivity index (χ1v) is 12.8. The van der Waals surface area contributed by atoms with Crippen molar-refractivity contribution in [2.45, 2.75) is 25.2 Å². The average molecular weight is 519 g/mol. The van der Waals surface area contributed by atoms with Crippen molar-refractivity contribution in [2.75, 3.05) is 53.0 Å². The van der Waals surface area contributed by atoms with Gasteiger partial charge in [0, 0.05) is 4.90 Å². The molecule has 0 saturated heterocycles. The van der Waals surface area contributed by atoms with Crippen LogP contribution in [0.4, 0.5) is 4.39 Å². The van der Waals surface area contributed by atoms with E-state index in [-0.39, 0.29) is 44.6 Å². The second-order valence-corrected chi connectivity index (χ2v) is 8.86. The third-order valence-electron chi connectivity index (χ3n) is 5.53. The van der Waals surface area contributed by atoms with Crippen LogP contribution in [0.2, 0.25) is 0 Å². The Balaban J connectivity index is 0.000000425. The van der Waals surface area contributed by atoms with E-state index in [9.17, 15) is 9.18 Å². The fourth-order valence-corrected chi connectivity index (χ4v) is 3.87. The van der Waals surface area contributed by atoms with Crippen molar-refractivity contribution >= 4 is 28.9 Å². The monoisotopic (exact) mass is 518 g/mol. The molecular formula is C28H35FO6S. The summed E-state index contributed by atoms with van der Waals surface area (Å²) in [5, 5.41) is 8.58. The van der Waals surface area contributed by atoms with Gasteiger partial charge in [-0.1, -0.05) is 24.3 Å². The minimum Gasteiger partial charge on any atom is -0.488 e. The summed E-state index contributed by atoms with van der Waals surface area (Å²) in [7, 11) is 1.33. The van der Waals surface area contributed by atoms with E-state index in [1.54, 1.807) is 17.8 Å². The molecule has 1 N–H and O–H groups in total. The van der Waals surface area contributed by atoms with Crippen LogP contribution in [0.15, 0.2) is 53.4 Å². The SMILES string of the molecule is C=C1C(C)=C(CC(=O)OC)c2cc(OCCOCCOCCO)c(F)cc21.CSc1ccc(C)cc1. The molecular weight excluding hydrogens is 483 g/mol. The van der Waals surface area contributed by atoms with Gasteiger partial charge >= 0.3 is 5.97 Å². The number of hydrogen-bond acceptors (Lipinski definition) is 7. The van der Waals surface area contributed by atoms with Gasteiger partial charge in [-0.05, 0) is 72.2 Å². The number of allylic oxidation sites excluding steroid dienone is 2. The molecule has 0 heterocycles. The summed E-state index contributed by atoms with van der Waals surface area (Å²) >= 11 is 1.78. The van der Waals surface area contributed by atoms with Crippen LogP contribution in [0.1, 0.15) is 30.0 Å². The van der Waals surface area contributed by atoms with Gasteiger partial charge in [0.1, 0.15) is 6.61 Å². The van der Waals surface area contributed by atoms with Gasteiger partial charge < -0.3 is 24.1 Å². The highest BCUT2D eigenvalue weighted by molar-refractivity contribution is 7.98. The van der Waals surface area contributed by atoms with Gasteiger partial charge in [0.25, 0.3) is 0 Å². The number of ether oxygens (including phenoxy) is 4. The van der Waals surface area contributed by atoms with E-state index in [4.69, 9.17) is 24.1 Å². The van der Waals surface area contributed by atoms with E-state index in [0.29, 0.717) is 24.4 Å². The van der Waals surface area contributed by atoms with Crippen molar-refractivity contribution < 1.29 is 33.2 Å². The molecule has 0 unspecified atom stereocenters. The van der Waals surface area contributed by atoms with Gasteiger partial charge in [-0.15, -0.1) is 11.8 Å². The van der Waals surface area contributed by atoms with Crippen molar-refractivity contribution in [1.29, 1.82) is 0 Å². The Morgan fingerprint density at radius 1 is 1.00 bits per heavy atom. The van der Waals surface area contributed by atoms with E-state index in [0.717, 1.165) is 16.7 Å². The number of fused-ring (bicyclic) bond motifs is 1. The molecule has 0 aliphatic heterocycles. The fourth-order valence-electron chi connectivity index (χ4n) is 3.47. The summed E-state index contributed by atoms with van der Waals surface area (Å²) in [5.41, 5.74) is 5.03. The summed E-state index contributed by atoms with van der Waals surface area (Å²) in [6.45, 7) is 9.36. The van der Waals surface area contributed by atoms with Crippen LogP contribution >= 0.6 is 11.8 Å². The lowest BCUT2D eigenvalue weighted by Crippen LogP contribution is -2.12. The highest BCUT2D eigenvalue weighted by Gasteiger charge is 2.26.